The highest BCUT2D eigenvalue weighted by Crippen LogP contribution is 1.99. The average molecular weight is 282 g/mol. The lowest BCUT2D eigenvalue weighted by molar-refractivity contribution is -0.135. The van der Waals surface area contributed by atoms with Gasteiger partial charge in [-0.2, -0.15) is 0 Å². The van der Waals surface area contributed by atoms with E-state index in [0.717, 1.165) is 27.3 Å². The summed E-state index contributed by atoms with van der Waals surface area (Å²) in [7, 11) is 0. The number of hydrogen-bond acceptors (Lipinski definition) is 6. The minimum absolute atomic E-state index is 0.694. The second-order valence-corrected chi connectivity index (χ2v) is 3.31. The molecule has 0 unspecified atom stereocenters. The van der Waals surface area contributed by atoms with Gasteiger partial charge in [0.2, 0.25) is 0 Å². The molecule has 0 radical (unpaired) electrons. The lowest BCUT2D eigenvalue weighted by Crippen LogP contribution is -2.17. The SMILES string of the molecule is CC(=O)O.CC(=O)O.CC(=O)O.ONCCN1CC1. The van der Waals surface area contributed by atoms with Crippen molar-refractivity contribution in [3.05, 3.63) is 0 Å². The number of hydrogen-bond donors (Lipinski definition) is 5. The van der Waals surface area contributed by atoms with Crippen molar-refractivity contribution in [2.45, 2.75) is 20.8 Å². The number of carboxylic acids is 3. The molecule has 1 heterocycles. The van der Waals surface area contributed by atoms with Gasteiger partial charge in [-0.15, -0.1) is 0 Å². The second-order valence-electron chi connectivity index (χ2n) is 3.31. The molecule has 0 atom stereocenters. The lowest BCUT2D eigenvalue weighted by atomic mass is 10.7. The average Bonchev–Trinajstić information content (AvgIpc) is 2.95. The van der Waals surface area contributed by atoms with Crippen molar-refractivity contribution in [2.24, 2.45) is 0 Å². The van der Waals surface area contributed by atoms with E-state index in [-0.39, 0.29) is 0 Å². The molecule has 0 aliphatic carbocycles. The normalized spacial score (nSPS) is 11.4. The smallest absolute Gasteiger partial charge is 0.300 e. The first kappa shape index (κ1) is 22.5. The van der Waals surface area contributed by atoms with Crippen LogP contribution in [0, 0.1) is 0 Å². The van der Waals surface area contributed by atoms with Gasteiger partial charge in [-0.05, 0) is 0 Å². The van der Waals surface area contributed by atoms with Crippen molar-refractivity contribution in [1.29, 1.82) is 0 Å². The van der Waals surface area contributed by atoms with Crippen LogP contribution in [-0.4, -0.2) is 69.5 Å². The molecule has 9 heteroatoms. The molecule has 0 saturated carbocycles. The molecule has 0 spiro atoms. The quantitative estimate of drug-likeness (QED) is 0.343. The summed E-state index contributed by atoms with van der Waals surface area (Å²) in [5.41, 5.74) is 2.10. The fourth-order valence-electron chi connectivity index (χ4n) is 0.502. The van der Waals surface area contributed by atoms with Crippen molar-refractivity contribution in [3.8, 4) is 0 Å². The van der Waals surface area contributed by atoms with Gasteiger partial charge in [-0.25, -0.2) is 5.48 Å². The Morgan fingerprint density at radius 1 is 0.947 bits per heavy atom. The molecule has 1 fully saturated rings. The zero-order valence-corrected chi connectivity index (χ0v) is 11.3. The molecule has 1 saturated heterocycles. The lowest BCUT2D eigenvalue weighted by Gasteiger charge is -1.94. The minimum atomic E-state index is -0.833. The maximum absolute atomic E-state index is 9.00. The highest BCUT2D eigenvalue weighted by atomic mass is 16.5. The van der Waals surface area contributed by atoms with E-state index >= 15 is 0 Å². The molecule has 19 heavy (non-hydrogen) atoms. The summed E-state index contributed by atoms with van der Waals surface area (Å²) in [5, 5.41) is 30.3. The van der Waals surface area contributed by atoms with E-state index in [1.807, 2.05) is 0 Å². The fourth-order valence-corrected chi connectivity index (χ4v) is 0.502. The molecule has 5 N–H and O–H groups in total. The Morgan fingerprint density at radius 2 is 1.21 bits per heavy atom. The predicted molar refractivity (Wildman–Crippen MR) is 66.2 cm³/mol. The van der Waals surface area contributed by atoms with Crippen LogP contribution in [0.1, 0.15) is 20.8 Å². The molecule has 114 valence electrons. The molecule has 0 aromatic rings. The van der Waals surface area contributed by atoms with E-state index in [4.69, 9.17) is 34.9 Å². The molecule has 0 bridgehead atoms. The van der Waals surface area contributed by atoms with E-state index in [2.05, 4.69) is 10.4 Å². The van der Waals surface area contributed by atoms with Gasteiger partial charge in [0.15, 0.2) is 0 Å². The standard InChI is InChI=1S/C4H10N2O.3C2H4O2/c7-5-1-2-6-3-4-6;3*1-2(3)4/h5,7H,1-4H2;3*1H3,(H,3,4). The van der Waals surface area contributed by atoms with Crippen molar-refractivity contribution < 1.29 is 34.9 Å². The summed E-state index contributed by atoms with van der Waals surface area (Å²) in [5.74, 6) is -2.50. The van der Waals surface area contributed by atoms with Crippen molar-refractivity contribution in [3.63, 3.8) is 0 Å². The number of aliphatic carboxylic acids is 3. The molecule has 1 aliphatic heterocycles. The zero-order chi connectivity index (χ0) is 15.8. The third kappa shape index (κ3) is 119. The summed E-state index contributed by atoms with van der Waals surface area (Å²) >= 11 is 0. The monoisotopic (exact) mass is 282 g/mol. The van der Waals surface area contributed by atoms with Crippen LogP contribution in [0.2, 0.25) is 0 Å². The number of nitrogens with one attached hydrogen (secondary N) is 1. The van der Waals surface area contributed by atoms with Crippen LogP contribution in [0.3, 0.4) is 0 Å². The topological polar surface area (TPSA) is 147 Å². The molecule has 0 amide bonds. The zero-order valence-electron chi connectivity index (χ0n) is 11.3. The molecule has 1 rings (SSSR count). The third-order valence-electron chi connectivity index (χ3n) is 1.08. The van der Waals surface area contributed by atoms with Crippen molar-refractivity contribution in [1.82, 2.24) is 10.4 Å². The van der Waals surface area contributed by atoms with Crippen LogP contribution in [0.5, 0.6) is 0 Å². The van der Waals surface area contributed by atoms with Gasteiger partial charge in [-0.1, -0.05) is 0 Å². The number of nitrogens with zero attached hydrogens (tertiary/aromatic N) is 1. The molecular weight excluding hydrogens is 260 g/mol. The van der Waals surface area contributed by atoms with Gasteiger partial charge in [0.25, 0.3) is 17.9 Å². The third-order valence-corrected chi connectivity index (χ3v) is 1.08. The van der Waals surface area contributed by atoms with Gasteiger partial charge in [0, 0.05) is 47.0 Å². The van der Waals surface area contributed by atoms with E-state index in [0.29, 0.717) is 6.54 Å². The number of carbonyl (C=O) groups is 3. The maximum Gasteiger partial charge on any atom is 0.300 e. The number of rotatable bonds is 3. The van der Waals surface area contributed by atoms with Gasteiger partial charge < -0.3 is 20.5 Å². The second kappa shape index (κ2) is 16.3. The Hall–Kier alpha value is -1.71. The van der Waals surface area contributed by atoms with Crippen molar-refractivity contribution in [2.75, 3.05) is 26.2 Å². The summed E-state index contributed by atoms with van der Waals surface area (Å²) in [6.45, 7) is 7.35. The largest absolute Gasteiger partial charge is 0.481 e. The Balaban J connectivity index is -0.000000189. The van der Waals surface area contributed by atoms with Crippen LogP contribution in [0.15, 0.2) is 0 Å². The van der Waals surface area contributed by atoms with E-state index in [1.54, 1.807) is 0 Å². The highest BCUT2D eigenvalue weighted by molar-refractivity contribution is 5.63. The van der Waals surface area contributed by atoms with Crippen LogP contribution in [0.25, 0.3) is 0 Å². The first-order chi connectivity index (χ1) is 8.63. The molecule has 0 aromatic carbocycles. The number of hydroxylamine groups is 1. The van der Waals surface area contributed by atoms with Crippen LogP contribution < -0.4 is 5.48 Å². The first-order valence-corrected chi connectivity index (χ1v) is 5.31. The highest BCUT2D eigenvalue weighted by Gasteiger charge is 2.14. The Bertz CT molecular complexity index is 214. The fraction of sp³-hybridized carbons (Fsp3) is 0.700. The van der Waals surface area contributed by atoms with Gasteiger partial charge in [-0.3, -0.25) is 19.3 Å². The summed E-state index contributed by atoms with van der Waals surface area (Å²) in [4.78, 5) is 29.2. The van der Waals surface area contributed by atoms with E-state index < -0.39 is 17.9 Å². The summed E-state index contributed by atoms with van der Waals surface area (Å²) in [6, 6.07) is 0. The predicted octanol–water partition coefficient (Wildman–Crippen LogP) is -0.446. The van der Waals surface area contributed by atoms with Gasteiger partial charge in [0.05, 0.1) is 0 Å². The van der Waals surface area contributed by atoms with E-state index in [9.17, 15) is 0 Å². The Labute approximate surface area is 111 Å². The molecule has 0 aromatic heterocycles. The molecule has 1 aliphatic rings. The number of carboxylic acid groups (broad SMARTS) is 3. The van der Waals surface area contributed by atoms with Crippen LogP contribution in [-0.2, 0) is 14.4 Å². The molecular formula is C10H22N2O7. The Morgan fingerprint density at radius 3 is 1.37 bits per heavy atom. The minimum Gasteiger partial charge on any atom is -0.481 e. The maximum atomic E-state index is 9.00. The first-order valence-electron chi connectivity index (χ1n) is 5.31. The van der Waals surface area contributed by atoms with Gasteiger partial charge >= 0.3 is 0 Å². The van der Waals surface area contributed by atoms with Crippen LogP contribution in [0.4, 0.5) is 0 Å². The van der Waals surface area contributed by atoms with Crippen LogP contribution >= 0.6 is 0 Å². The van der Waals surface area contributed by atoms with E-state index in [1.165, 1.54) is 13.1 Å². The summed E-state index contributed by atoms with van der Waals surface area (Å²) < 4.78 is 0. The molecule has 9 nitrogen and oxygen atoms in total. The van der Waals surface area contributed by atoms with Gasteiger partial charge in [0.1, 0.15) is 0 Å². The summed E-state index contributed by atoms with van der Waals surface area (Å²) in [6.07, 6.45) is 0. The Kier molecular flexibility index (Phi) is 19.3. The van der Waals surface area contributed by atoms with Crippen molar-refractivity contribution >= 4 is 17.9 Å².